The molecule has 0 aliphatic carbocycles. The molecule has 0 aliphatic heterocycles. The smallest absolute Gasteiger partial charge is 0.262 e. The molecule has 0 spiro atoms. The van der Waals surface area contributed by atoms with Gasteiger partial charge in [0.1, 0.15) is 5.54 Å². The first-order valence-electron chi connectivity index (χ1n) is 9.48. The Bertz CT molecular complexity index is 961. The molecule has 0 fully saturated rings. The van der Waals surface area contributed by atoms with Gasteiger partial charge in [0, 0.05) is 6.54 Å². The zero-order valence-corrected chi connectivity index (χ0v) is 18.1. The molecule has 1 amide bonds. The molecule has 2 aromatic rings. The quantitative estimate of drug-likeness (QED) is 0.567. The van der Waals surface area contributed by atoms with Crippen molar-refractivity contribution in [1.82, 2.24) is 14.9 Å². The summed E-state index contributed by atoms with van der Waals surface area (Å²) in [4.78, 5) is 30.3. The van der Waals surface area contributed by atoms with Gasteiger partial charge in [-0.2, -0.15) is 5.26 Å². The van der Waals surface area contributed by atoms with Crippen LogP contribution in [0.4, 0.5) is 0 Å². The molecule has 1 aromatic heterocycles. The van der Waals surface area contributed by atoms with Gasteiger partial charge in [-0.25, -0.2) is 4.98 Å². The lowest BCUT2D eigenvalue weighted by Crippen LogP contribution is -2.51. The van der Waals surface area contributed by atoms with E-state index in [1.54, 1.807) is 30.5 Å². The van der Waals surface area contributed by atoms with Gasteiger partial charge in [0.15, 0.2) is 5.16 Å². The summed E-state index contributed by atoms with van der Waals surface area (Å²) in [5, 5.41) is 12.9. The van der Waals surface area contributed by atoms with Gasteiger partial charge in [0.2, 0.25) is 5.91 Å². The van der Waals surface area contributed by atoms with Crippen LogP contribution in [0.25, 0.3) is 10.9 Å². The summed E-state index contributed by atoms with van der Waals surface area (Å²) in [6.07, 6.45) is 0. The predicted octanol–water partition coefficient (Wildman–Crippen LogP) is 3.59. The molecule has 28 heavy (non-hydrogen) atoms. The fourth-order valence-corrected chi connectivity index (χ4v) is 3.55. The zero-order valence-electron chi connectivity index (χ0n) is 17.3. The van der Waals surface area contributed by atoms with E-state index in [-0.39, 0.29) is 23.3 Å². The first-order chi connectivity index (χ1) is 13.1. The van der Waals surface area contributed by atoms with Gasteiger partial charge in [0.05, 0.1) is 22.2 Å². The number of nitrogens with zero attached hydrogens (tertiary/aromatic N) is 3. The van der Waals surface area contributed by atoms with E-state index in [1.165, 1.54) is 11.8 Å². The molecule has 1 aromatic carbocycles. The SMILES string of the molecule is CC(C)Cn1c(S[C@H](C)C(=O)N[C@@](C)(C#N)C(C)C)nc2ccccc2c1=O. The topological polar surface area (TPSA) is 87.8 Å². The third-order valence-electron chi connectivity index (χ3n) is 4.80. The van der Waals surface area contributed by atoms with E-state index < -0.39 is 10.8 Å². The molecule has 0 radical (unpaired) electrons. The molecule has 0 saturated heterocycles. The summed E-state index contributed by atoms with van der Waals surface area (Å²) < 4.78 is 1.65. The van der Waals surface area contributed by atoms with Crippen molar-refractivity contribution in [2.75, 3.05) is 0 Å². The van der Waals surface area contributed by atoms with Crippen LogP contribution in [0.1, 0.15) is 41.5 Å². The van der Waals surface area contributed by atoms with Crippen LogP contribution in [0.2, 0.25) is 0 Å². The third kappa shape index (κ3) is 4.74. The number of amides is 1. The second kappa shape index (κ2) is 8.78. The van der Waals surface area contributed by atoms with Gasteiger partial charge in [-0.05, 0) is 37.8 Å². The van der Waals surface area contributed by atoms with Gasteiger partial charge in [-0.15, -0.1) is 0 Å². The molecule has 150 valence electrons. The standard InChI is InChI=1S/C21H28N4O2S/c1-13(2)11-25-19(27)16-9-7-8-10-17(16)23-20(25)28-15(5)18(26)24-21(6,12-22)14(3)4/h7-10,13-15H,11H2,1-6H3,(H,24,26)/t15-,21+/m1/s1. The molecule has 1 N–H and O–H groups in total. The molecule has 2 rings (SSSR count). The number of nitriles is 1. The molecule has 2 atom stereocenters. The Hall–Kier alpha value is -2.33. The van der Waals surface area contributed by atoms with Crippen molar-refractivity contribution in [3.8, 4) is 6.07 Å². The number of thioether (sulfide) groups is 1. The van der Waals surface area contributed by atoms with Crippen molar-refractivity contribution in [2.24, 2.45) is 11.8 Å². The fraction of sp³-hybridized carbons (Fsp3) is 0.524. The Morgan fingerprint density at radius 1 is 1.29 bits per heavy atom. The van der Waals surface area contributed by atoms with Crippen molar-refractivity contribution in [3.63, 3.8) is 0 Å². The van der Waals surface area contributed by atoms with Crippen LogP contribution in [0.5, 0.6) is 0 Å². The van der Waals surface area contributed by atoms with E-state index in [0.29, 0.717) is 22.6 Å². The van der Waals surface area contributed by atoms with Crippen LogP contribution in [-0.4, -0.2) is 26.2 Å². The number of para-hydroxylation sites is 1. The van der Waals surface area contributed by atoms with Crippen LogP contribution in [0.3, 0.4) is 0 Å². The first-order valence-corrected chi connectivity index (χ1v) is 10.4. The number of carbonyl (C=O) groups is 1. The van der Waals surface area contributed by atoms with Crippen molar-refractivity contribution in [1.29, 1.82) is 5.26 Å². The van der Waals surface area contributed by atoms with Gasteiger partial charge in [-0.1, -0.05) is 51.6 Å². The number of carbonyl (C=O) groups excluding carboxylic acids is 1. The number of benzene rings is 1. The number of fused-ring (bicyclic) bond motifs is 1. The highest BCUT2D eigenvalue weighted by Crippen LogP contribution is 2.25. The summed E-state index contributed by atoms with van der Waals surface area (Å²) in [7, 11) is 0. The van der Waals surface area contributed by atoms with E-state index in [0.717, 1.165) is 0 Å². The number of aromatic nitrogens is 2. The molecular formula is C21H28N4O2S. The van der Waals surface area contributed by atoms with Crippen molar-refractivity contribution in [3.05, 3.63) is 34.6 Å². The molecule has 0 unspecified atom stereocenters. The van der Waals surface area contributed by atoms with Gasteiger partial charge in [-0.3, -0.25) is 14.2 Å². The second-order valence-electron chi connectivity index (χ2n) is 7.94. The predicted molar refractivity (Wildman–Crippen MR) is 113 cm³/mol. The maximum Gasteiger partial charge on any atom is 0.262 e. The lowest BCUT2D eigenvalue weighted by molar-refractivity contribution is -0.121. The summed E-state index contributed by atoms with van der Waals surface area (Å²) in [6.45, 7) is 11.9. The molecular weight excluding hydrogens is 372 g/mol. The number of hydrogen-bond acceptors (Lipinski definition) is 5. The average Bonchev–Trinajstić information content (AvgIpc) is 2.64. The van der Waals surface area contributed by atoms with Gasteiger partial charge < -0.3 is 5.32 Å². The fourth-order valence-electron chi connectivity index (χ4n) is 2.63. The lowest BCUT2D eigenvalue weighted by atomic mass is 9.90. The summed E-state index contributed by atoms with van der Waals surface area (Å²) >= 11 is 1.24. The highest BCUT2D eigenvalue weighted by Gasteiger charge is 2.32. The zero-order chi connectivity index (χ0) is 21.1. The van der Waals surface area contributed by atoms with E-state index in [1.807, 2.05) is 39.8 Å². The van der Waals surface area contributed by atoms with E-state index >= 15 is 0 Å². The Morgan fingerprint density at radius 2 is 1.93 bits per heavy atom. The number of rotatable bonds is 7. The molecule has 0 bridgehead atoms. The van der Waals surface area contributed by atoms with Gasteiger partial charge >= 0.3 is 0 Å². The Morgan fingerprint density at radius 3 is 2.50 bits per heavy atom. The molecule has 0 aliphatic rings. The van der Waals surface area contributed by atoms with Gasteiger partial charge in [0.25, 0.3) is 5.56 Å². The van der Waals surface area contributed by atoms with Crippen LogP contribution in [0, 0.1) is 23.2 Å². The van der Waals surface area contributed by atoms with Crippen LogP contribution in [-0.2, 0) is 11.3 Å². The highest BCUT2D eigenvalue weighted by molar-refractivity contribution is 8.00. The monoisotopic (exact) mass is 400 g/mol. The number of nitrogens with one attached hydrogen (secondary N) is 1. The summed E-state index contributed by atoms with van der Waals surface area (Å²) in [6, 6.07) is 9.42. The Kier molecular flexibility index (Phi) is 6.89. The second-order valence-corrected chi connectivity index (χ2v) is 9.25. The van der Waals surface area contributed by atoms with E-state index in [4.69, 9.17) is 0 Å². The Labute approximate surface area is 170 Å². The first kappa shape index (κ1) is 22.0. The third-order valence-corrected chi connectivity index (χ3v) is 5.89. The van der Waals surface area contributed by atoms with E-state index in [9.17, 15) is 14.9 Å². The summed E-state index contributed by atoms with van der Waals surface area (Å²) in [5.41, 5.74) is -0.426. The minimum absolute atomic E-state index is 0.0310. The largest absolute Gasteiger partial charge is 0.337 e. The normalized spacial score (nSPS) is 14.7. The van der Waals surface area contributed by atoms with Crippen LogP contribution >= 0.6 is 11.8 Å². The Balaban J connectivity index is 2.38. The van der Waals surface area contributed by atoms with Crippen LogP contribution in [0.15, 0.2) is 34.2 Å². The highest BCUT2D eigenvalue weighted by atomic mass is 32.2. The molecule has 7 heteroatoms. The minimum atomic E-state index is -0.944. The van der Waals surface area contributed by atoms with Crippen LogP contribution < -0.4 is 10.9 Å². The molecule has 6 nitrogen and oxygen atoms in total. The van der Waals surface area contributed by atoms with Crippen molar-refractivity contribution < 1.29 is 4.79 Å². The molecule has 1 heterocycles. The summed E-state index contributed by atoms with van der Waals surface area (Å²) in [5.74, 6) is -0.0233. The van der Waals surface area contributed by atoms with Crippen molar-refractivity contribution >= 4 is 28.6 Å². The minimum Gasteiger partial charge on any atom is -0.337 e. The number of hydrogen-bond donors (Lipinski definition) is 1. The average molecular weight is 401 g/mol. The van der Waals surface area contributed by atoms with E-state index in [2.05, 4.69) is 16.4 Å². The van der Waals surface area contributed by atoms with Crippen molar-refractivity contribution in [2.45, 2.75) is 64.0 Å². The molecule has 0 saturated carbocycles. The maximum atomic E-state index is 13.0. The lowest BCUT2D eigenvalue weighted by Gasteiger charge is -2.28. The maximum absolute atomic E-state index is 13.0.